The van der Waals surface area contributed by atoms with Crippen molar-refractivity contribution in [3.63, 3.8) is 0 Å². The van der Waals surface area contributed by atoms with E-state index in [9.17, 15) is 4.39 Å². The summed E-state index contributed by atoms with van der Waals surface area (Å²) in [6.45, 7) is 12.1. The molecule has 0 amide bonds. The molecule has 3 heteroatoms. The Hall–Kier alpha value is -0.600. The van der Waals surface area contributed by atoms with Gasteiger partial charge in [0.25, 0.3) is 0 Å². The van der Waals surface area contributed by atoms with Crippen LogP contribution in [0.25, 0.3) is 0 Å². The summed E-state index contributed by atoms with van der Waals surface area (Å²) < 4.78 is 13.1. The van der Waals surface area contributed by atoms with Crippen LogP contribution < -0.4 is 5.32 Å². The average molecular weight is 286 g/mol. The van der Waals surface area contributed by atoms with Gasteiger partial charge in [-0.15, -0.1) is 0 Å². The number of nitrogens with one attached hydrogen (secondary N) is 1. The van der Waals surface area contributed by atoms with Crippen molar-refractivity contribution < 1.29 is 4.39 Å². The summed E-state index contributed by atoms with van der Waals surface area (Å²) in [6, 6.07) is 5.10. The highest BCUT2D eigenvalue weighted by atomic mass is 35.5. The highest BCUT2D eigenvalue weighted by Crippen LogP contribution is 2.23. The Bertz CT molecular complexity index is 396. The lowest BCUT2D eigenvalue weighted by atomic mass is 9.85. The second kappa shape index (κ2) is 7.25. The van der Waals surface area contributed by atoms with Crippen LogP contribution in [0.5, 0.6) is 0 Å². The van der Waals surface area contributed by atoms with Gasteiger partial charge in [-0.1, -0.05) is 45.4 Å². The summed E-state index contributed by atoms with van der Waals surface area (Å²) in [5.41, 5.74) is 1.03. The summed E-state index contributed by atoms with van der Waals surface area (Å²) in [5, 5.41) is 3.72. The topological polar surface area (TPSA) is 12.0 Å². The molecule has 0 radical (unpaired) electrons. The van der Waals surface area contributed by atoms with Gasteiger partial charge in [-0.25, -0.2) is 4.39 Å². The normalized spacial score (nSPS) is 13.6. The van der Waals surface area contributed by atoms with E-state index in [1.54, 1.807) is 12.1 Å². The molecule has 1 aromatic carbocycles. The molecule has 1 unspecified atom stereocenters. The predicted octanol–water partition coefficient (Wildman–Crippen LogP) is 5.06. The molecular weight excluding hydrogens is 261 g/mol. The molecule has 0 aliphatic carbocycles. The molecule has 1 rings (SSSR count). The second-order valence-corrected chi connectivity index (χ2v) is 6.36. The zero-order valence-electron chi connectivity index (χ0n) is 12.5. The molecule has 0 bridgehead atoms. The third-order valence-corrected chi connectivity index (χ3v) is 4.11. The zero-order valence-corrected chi connectivity index (χ0v) is 13.3. The Morgan fingerprint density at radius 3 is 2.16 bits per heavy atom. The van der Waals surface area contributed by atoms with Crippen molar-refractivity contribution in [1.82, 2.24) is 5.32 Å². The first-order chi connectivity index (χ1) is 8.82. The molecule has 1 nitrogen and oxygen atoms in total. The Morgan fingerprint density at radius 2 is 1.68 bits per heavy atom. The first-order valence-electron chi connectivity index (χ1n) is 7.01. The van der Waals surface area contributed by atoms with Crippen LogP contribution in [0.4, 0.5) is 4.39 Å². The third-order valence-electron chi connectivity index (χ3n) is 3.82. The van der Waals surface area contributed by atoms with Crippen LogP contribution in [0.2, 0.25) is 5.02 Å². The van der Waals surface area contributed by atoms with E-state index >= 15 is 0 Å². The maximum absolute atomic E-state index is 13.1. The van der Waals surface area contributed by atoms with Crippen molar-refractivity contribution in [3.8, 4) is 0 Å². The molecule has 1 aromatic rings. The van der Waals surface area contributed by atoms with E-state index in [1.807, 2.05) is 0 Å². The molecular formula is C16H25ClFN. The van der Waals surface area contributed by atoms with Gasteiger partial charge < -0.3 is 5.32 Å². The molecule has 0 heterocycles. The predicted molar refractivity (Wildman–Crippen MR) is 81.0 cm³/mol. The van der Waals surface area contributed by atoms with Crippen molar-refractivity contribution in [2.45, 2.75) is 40.7 Å². The molecule has 19 heavy (non-hydrogen) atoms. The first-order valence-corrected chi connectivity index (χ1v) is 7.39. The maximum atomic E-state index is 13.1. The summed E-state index contributed by atoms with van der Waals surface area (Å²) >= 11 is 5.82. The monoisotopic (exact) mass is 285 g/mol. The van der Waals surface area contributed by atoms with E-state index in [2.05, 4.69) is 39.9 Å². The molecule has 0 fully saturated rings. The maximum Gasteiger partial charge on any atom is 0.141 e. The van der Waals surface area contributed by atoms with Gasteiger partial charge >= 0.3 is 0 Å². The van der Waals surface area contributed by atoms with Gasteiger partial charge in [0.1, 0.15) is 5.82 Å². The SMILES string of the molecule is CC(NCC(C(C)C)C(C)C)c1ccc(F)c(Cl)c1. The van der Waals surface area contributed by atoms with Crippen LogP contribution in [0.3, 0.4) is 0 Å². The number of hydrogen-bond donors (Lipinski definition) is 1. The fourth-order valence-corrected chi connectivity index (χ4v) is 2.64. The summed E-state index contributed by atoms with van der Waals surface area (Å²) in [7, 11) is 0. The van der Waals surface area contributed by atoms with Crippen LogP contribution in [0.1, 0.15) is 46.2 Å². The highest BCUT2D eigenvalue weighted by molar-refractivity contribution is 6.30. The van der Waals surface area contributed by atoms with Crippen LogP contribution in [-0.4, -0.2) is 6.54 Å². The standard InChI is InChI=1S/C16H25ClFN/c1-10(2)14(11(3)4)9-19-12(5)13-6-7-16(18)15(17)8-13/h6-8,10-12,14,19H,9H2,1-5H3. The average Bonchev–Trinajstić information content (AvgIpc) is 2.31. The fraction of sp³-hybridized carbons (Fsp3) is 0.625. The van der Waals surface area contributed by atoms with E-state index in [4.69, 9.17) is 11.6 Å². The van der Waals surface area contributed by atoms with Gasteiger partial charge in [0.05, 0.1) is 5.02 Å². The van der Waals surface area contributed by atoms with E-state index < -0.39 is 0 Å². The Morgan fingerprint density at radius 1 is 1.11 bits per heavy atom. The number of halogens is 2. The molecule has 0 aliphatic heterocycles. The molecule has 1 N–H and O–H groups in total. The number of hydrogen-bond acceptors (Lipinski definition) is 1. The van der Waals surface area contributed by atoms with Gasteiger partial charge in [-0.05, 0) is 48.9 Å². The van der Waals surface area contributed by atoms with Gasteiger partial charge in [0.2, 0.25) is 0 Å². The molecule has 0 aliphatic rings. The Labute approximate surface area is 121 Å². The van der Waals surface area contributed by atoms with Gasteiger partial charge in [-0.2, -0.15) is 0 Å². The molecule has 0 spiro atoms. The lowest BCUT2D eigenvalue weighted by Gasteiger charge is -2.27. The molecule has 0 saturated heterocycles. The van der Waals surface area contributed by atoms with E-state index in [1.165, 1.54) is 6.07 Å². The minimum absolute atomic E-state index is 0.179. The number of rotatable bonds is 6. The van der Waals surface area contributed by atoms with Crippen LogP contribution in [0, 0.1) is 23.6 Å². The summed E-state index contributed by atoms with van der Waals surface area (Å²) in [5.74, 6) is 1.58. The van der Waals surface area contributed by atoms with Crippen LogP contribution in [0.15, 0.2) is 18.2 Å². The zero-order chi connectivity index (χ0) is 14.6. The van der Waals surface area contributed by atoms with Gasteiger partial charge in [0.15, 0.2) is 0 Å². The lowest BCUT2D eigenvalue weighted by Crippen LogP contribution is -2.31. The highest BCUT2D eigenvalue weighted by Gasteiger charge is 2.18. The van der Waals surface area contributed by atoms with Crippen LogP contribution >= 0.6 is 11.6 Å². The first kappa shape index (κ1) is 16.5. The fourth-order valence-electron chi connectivity index (χ4n) is 2.45. The molecule has 108 valence electrons. The van der Waals surface area contributed by atoms with Crippen molar-refractivity contribution in [1.29, 1.82) is 0 Å². The van der Waals surface area contributed by atoms with Gasteiger partial charge in [-0.3, -0.25) is 0 Å². The Kier molecular flexibility index (Phi) is 6.28. The van der Waals surface area contributed by atoms with Gasteiger partial charge in [0, 0.05) is 6.04 Å². The largest absolute Gasteiger partial charge is 0.310 e. The molecule has 1 atom stereocenters. The van der Waals surface area contributed by atoms with Crippen LogP contribution in [-0.2, 0) is 0 Å². The summed E-state index contributed by atoms with van der Waals surface area (Å²) in [4.78, 5) is 0. The lowest BCUT2D eigenvalue weighted by molar-refractivity contribution is 0.268. The molecule has 0 aromatic heterocycles. The third kappa shape index (κ3) is 4.77. The quantitative estimate of drug-likeness (QED) is 0.770. The van der Waals surface area contributed by atoms with Crippen molar-refractivity contribution in [2.75, 3.05) is 6.54 Å². The minimum Gasteiger partial charge on any atom is -0.310 e. The van der Waals surface area contributed by atoms with Crippen molar-refractivity contribution in [2.24, 2.45) is 17.8 Å². The molecule has 0 saturated carbocycles. The van der Waals surface area contributed by atoms with Crippen molar-refractivity contribution in [3.05, 3.63) is 34.6 Å². The Balaban J connectivity index is 2.63. The van der Waals surface area contributed by atoms with Crippen molar-refractivity contribution >= 4 is 11.6 Å². The van der Waals surface area contributed by atoms with E-state index in [-0.39, 0.29) is 16.9 Å². The number of benzene rings is 1. The van der Waals surface area contributed by atoms with E-state index in [0.29, 0.717) is 17.8 Å². The second-order valence-electron chi connectivity index (χ2n) is 5.96. The smallest absolute Gasteiger partial charge is 0.141 e. The minimum atomic E-state index is -0.361. The van der Waals surface area contributed by atoms with E-state index in [0.717, 1.165) is 12.1 Å². The summed E-state index contributed by atoms with van der Waals surface area (Å²) in [6.07, 6.45) is 0.